The van der Waals surface area contributed by atoms with E-state index in [0.717, 1.165) is 16.7 Å². The number of aliphatic hydroxyl groups is 2. The van der Waals surface area contributed by atoms with Crippen LogP contribution < -0.4 is 11.1 Å². The molecule has 25 heteroatoms. The van der Waals surface area contributed by atoms with Crippen LogP contribution in [-0.4, -0.2) is 108 Å². The highest BCUT2D eigenvalue weighted by Crippen LogP contribution is 2.25. The molecule has 2 aromatic carbocycles. The van der Waals surface area contributed by atoms with Crippen molar-refractivity contribution >= 4 is 17.8 Å². The predicted molar refractivity (Wildman–Crippen MR) is 294 cm³/mol. The minimum absolute atomic E-state index is 0.0645. The van der Waals surface area contributed by atoms with Crippen LogP contribution in [0.3, 0.4) is 0 Å². The third kappa shape index (κ3) is 15.7. The zero-order chi connectivity index (χ0) is 58.1. The second-order valence-corrected chi connectivity index (χ2v) is 18.4. The van der Waals surface area contributed by atoms with Crippen LogP contribution in [0.1, 0.15) is 81.7 Å². The number of pyridine rings is 3. The first-order valence-corrected chi connectivity index (χ1v) is 24.8. The summed E-state index contributed by atoms with van der Waals surface area (Å²) in [6, 6.07) is 31.3. The van der Waals surface area contributed by atoms with E-state index in [1.54, 1.807) is 76.9 Å². The number of benzene rings is 2. The summed E-state index contributed by atoms with van der Waals surface area (Å²) in [6.45, 7) is 7.10. The lowest BCUT2D eigenvalue weighted by molar-refractivity contribution is 0.0417. The van der Waals surface area contributed by atoms with Gasteiger partial charge in [-0.2, -0.15) is 9.97 Å². The van der Waals surface area contributed by atoms with Gasteiger partial charge < -0.3 is 35.4 Å². The number of rotatable bonds is 13. The Hall–Kier alpha value is -10.9. The Labute approximate surface area is 467 Å². The van der Waals surface area contributed by atoms with Gasteiger partial charge in [0.1, 0.15) is 34.6 Å². The molecule has 82 heavy (non-hydrogen) atoms. The smallest absolute Gasteiger partial charge is 0.338 e. The monoisotopic (exact) mass is 1100 g/mol. The maximum Gasteiger partial charge on any atom is 0.338 e. The van der Waals surface area contributed by atoms with Crippen molar-refractivity contribution in [2.45, 2.75) is 52.0 Å². The highest BCUT2D eigenvalue weighted by atomic mass is 16.5. The molecule has 11 aromatic rings. The molecule has 0 radical (unpaired) electrons. The van der Waals surface area contributed by atoms with Crippen molar-refractivity contribution in [3.63, 3.8) is 0 Å². The summed E-state index contributed by atoms with van der Waals surface area (Å²) in [5.41, 5.74) is 9.36. The van der Waals surface area contributed by atoms with Gasteiger partial charge in [-0.1, -0.05) is 64.9 Å². The third-order valence-corrected chi connectivity index (χ3v) is 11.1. The lowest BCUT2D eigenvalue weighted by Crippen LogP contribution is -2.23. The van der Waals surface area contributed by atoms with Gasteiger partial charge in [-0.25, -0.2) is 39.7 Å². The minimum Gasteiger partial charge on any atom is -0.478 e. The number of carboxylic acids is 1. The average Bonchev–Trinajstić information content (AvgIpc) is 4.51. The first-order valence-electron chi connectivity index (χ1n) is 24.8. The number of hydrogen-bond donors (Lipinski definition) is 5. The molecule has 11 rings (SSSR count). The van der Waals surface area contributed by atoms with E-state index < -0.39 is 17.2 Å². The van der Waals surface area contributed by atoms with Crippen LogP contribution in [0.5, 0.6) is 0 Å². The molecule has 9 aromatic heterocycles. The number of carbonyl (C=O) groups excluding carboxylic acids is 2. The van der Waals surface area contributed by atoms with E-state index in [4.69, 9.17) is 19.9 Å². The molecule has 0 saturated heterocycles. The average molecular weight is 1100 g/mol. The van der Waals surface area contributed by atoms with Crippen molar-refractivity contribution in [2.75, 3.05) is 0 Å². The zero-order valence-corrected chi connectivity index (χ0v) is 44.3. The van der Waals surface area contributed by atoms with Gasteiger partial charge in [0, 0.05) is 92.4 Å². The van der Waals surface area contributed by atoms with Gasteiger partial charge in [0.05, 0.1) is 16.7 Å². The Kier molecular flexibility index (Phi) is 18.6. The van der Waals surface area contributed by atoms with Crippen molar-refractivity contribution in [3.8, 4) is 57.3 Å². The quantitative estimate of drug-likeness (QED) is 0.0789. The fraction of sp³-hybridized carbons (Fsp3) is 0.140. The summed E-state index contributed by atoms with van der Waals surface area (Å²) >= 11 is 0. The van der Waals surface area contributed by atoms with E-state index in [2.05, 4.69) is 75.4 Å². The van der Waals surface area contributed by atoms with Crippen molar-refractivity contribution in [3.05, 3.63) is 217 Å². The van der Waals surface area contributed by atoms with Crippen LogP contribution in [0.15, 0.2) is 187 Å². The van der Waals surface area contributed by atoms with Crippen LogP contribution in [0.25, 0.3) is 57.3 Å². The summed E-state index contributed by atoms with van der Waals surface area (Å²) in [6.07, 6.45) is 18.0. The fourth-order valence-corrected chi connectivity index (χ4v) is 6.85. The van der Waals surface area contributed by atoms with Crippen molar-refractivity contribution < 1.29 is 38.7 Å². The number of imidazole rings is 1. The summed E-state index contributed by atoms with van der Waals surface area (Å²) in [5.74, 6) is 0.968. The number of nitrogens with zero attached hydrogens (tertiary/aromatic N) is 15. The van der Waals surface area contributed by atoms with Gasteiger partial charge in [0.25, 0.3) is 23.6 Å². The SMILES string of the molecule is CC(C)(O)c1nc(-c2cccc(CN)c2)no1.CC(C)(O)c1nc(-c2cccc(CNC(=O)c3cnc(-c4ccccn4)nc3)c2)no1.O=C(O)c1cnc(-c2ccccn2)nc1.O=C(c1cnc(-c2ccccn2)nc1)n1ccnc1. The maximum atomic E-state index is 12.5. The molecule has 0 fully saturated rings. The van der Waals surface area contributed by atoms with Gasteiger partial charge in [-0.3, -0.25) is 29.1 Å². The molecule has 0 saturated carbocycles. The third-order valence-electron chi connectivity index (χ3n) is 11.1. The number of carboxylic acid groups (broad SMARTS) is 1. The number of aromatic nitrogens is 15. The fourth-order valence-electron chi connectivity index (χ4n) is 6.85. The van der Waals surface area contributed by atoms with E-state index in [1.807, 2.05) is 84.9 Å². The van der Waals surface area contributed by atoms with Crippen LogP contribution in [0, 0.1) is 0 Å². The molecule has 1 amide bonds. The van der Waals surface area contributed by atoms with Crippen LogP contribution in [0.4, 0.5) is 0 Å². The van der Waals surface area contributed by atoms with Crippen LogP contribution in [0.2, 0.25) is 0 Å². The number of nitrogens with one attached hydrogen (secondary N) is 1. The Morgan fingerprint density at radius 2 is 0.976 bits per heavy atom. The summed E-state index contributed by atoms with van der Waals surface area (Å²) in [4.78, 5) is 84.2. The molecule has 0 aliphatic heterocycles. The van der Waals surface area contributed by atoms with Crippen molar-refractivity contribution in [1.29, 1.82) is 0 Å². The molecular weight excluding hydrogens is 1050 g/mol. The van der Waals surface area contributed by atoms with Crippen LogP contribution >= 0.6 is 0 Å². The van der Waals surface area contributed by atoms with Crippen LogP contribution in [-0.2, 0) is 24.3 Å². The minimum atomic E-state index is -1.22. The molecule has 6 N–H and O–H groups in total. The second kappa shape index (κ2) is 26.6. The maximum absolute atomic E-state index is 12.5. The zero-order valence-electron chi connectivity index (χ0n) is 44.3. The predicted octanol–water partition coefficient (Wildman–Crippen LogP) is 6.83. The summed E-state index contributed by atoms with van der Waals surface area (Å²) < 4.78 is 11.5. The molecule has 0 aliphatic rings. The molecule has 412 valence electrons. The van der Waals surface area contributed by atoms with Crippen molar-refractivity contribution in [1.82, 2.24) is 80.0 Å². The number of carbonyl (C=O) groups is 3. The first-order chi connectivity index (χ1) is 39.5. The van der Waals surface area contributed by atoms with E-state index in [-0.39, 0.29) is 29.2 Å². The van der Waals surface area contributed by atoms with Crippen molar-refractivity contribution in [2.24, 2.45) is 5.73 Å². The van der Waals surface area contributed by atoms with Gasteiger partial charge in [-0.05, 0) is 87.4 Å². The number of nitrogens with two attached hydrogens (primary N) is 1. The van der Waals surface area contributed by atoms with Gasteiger partial charge in [-0.15, -0.1) is 0 Å². The first kappa shape index (κ1) is 57.3. The Bertz CT molecular complexity index is 3820. The highest BCUT2D eigenvalue weighted by molar-refractivity contribution is 5.95. The molecule has 0 bridgehead atoms. The molecule has 9 heterocycles. The second-order valence-electron chi connectivity index (χ2n) is 18.4. The number of amides is 1. The Balaban J connectivity index is 0.000000150. The molecule has 0 aliphatic carbocycles. The Morgan fingerprint density at radius 3 is 1.37 bits per heavy atom. The number of hydrogen-bond acceptors (Lipinski definition) is 22. The molecule has 0 spiro atoms. The largest absolute Gasteiger partial charge is 0.478 e. The topological polar surface area (TPSA) is 362 Å². The lowest BCUT2D eigenvalue weighted by atomic mass is 10.1. The van der Waals surface area contributed by atoms with E-state index in [0.29, 0.717) is 76.0 Å². The Morgan fingerprint density at radius 1 is 0.537 bits per heavy atom. The highest BCUT2D eigenvalue weighted by Gasteiger charge is 2.26. The number of aromatic carboxylic acids is 1. The normalized spacial score (nSPS) is 10.9. The van der Waals surface area contributed by atoms with Gasteiger partial charge in [0.2, 0.25) is 11.6 Å². The van der Waals surface area contributed by atoms with Gasteiger partial charge >= 0.3 is 5.97 Å². The summed E-state index contributed by atoms with van der Waals surface area (Å²) in [7, 11) is 0. The van der Waals surface area contributed by atoms with E-state index >= 15 is 0 Å². The molecule has 25 nitrogen and oxygen atoms in total. The van der Waals surface area contributed by atoms with E-state index in [1.165, 1.54) is 48.1 Å². The molecule has 0 atom stereocenters. The van der Waals surface area contributed by atoms with Gasteiger partial charge in [0.15, 0.2) is 17.5 Å². The molecular formula is C57H51N17O8. The lowest BCUT2D eigenvalue weighted by Gasteiger charge is -2.09. The van der Waals surface area contributed by atoms with E-state index in [9.17, 15) is 24.6 Å². The standard InChI is InChI=1S/C22H20N6O3.C13H9N5O.C12H15N3O2.C10H7N3O2/c1-22(2,30)21-27-18(28-31-21)15-7-5-6-14(10-15)11-26-20(29)16-12-24-19(25-13-16)17-8-3-4-9-23-17;19-13(18-6-5-14-9-18)10-7-16-12(17-8-10)11-3-1-2-4-15-11;1-12(2,16)11-14-10(15-17-11)9-5-3-4-8(6-9)7-13;14-10(15)7-5-12-9(13-6-7)8-3-1-2-4-11-8/h3-10,12-13,30H,11H2,1-2H3,(H,26,29);1-9H;3-6,16H,7,13H2,1-2H3;1-6H,(H,14,15). The molecule has 0 unspecified atom stereocenters. The summed E-state index contributed by atoms with van der Waals surface area (Å²) in [5, 5.41) is 39.0.